The van der Waals surface area contributed by atoms with Crippen molar-refractivity contribution in [2.24, 2.45) is 0 Å². The van der Waals surface area contributed by atoms with Gasteiger partial charge < -0.3 is 14.6 Å². The highest BCUT2D eigenvalue weighted by Crippen LogP contribution is 2.14. The molecule has 1 saturated heterocycles. The first-order valence-electron chi connectivity index (χ1n) is 8.45. The van der Waals surface area contributed by atoms with Crippen LogP contribution in [0.3, 0.4) is 0 Å². The van der Waals surface area contributed by atoms with Gasteiger partial charge in [-0.15, -0.1) is 0 Å². The lowest BCUT2D eigenvalue weighted by atomic mass is 10.2. The van der Waals surface area contributed by atoms with Crippen molar-refractivity contribution in [3.05, 3.63) is 53.5 Å². The molecule has 2 heterocycles. The maximum absolute atomic E-state index is 12.4. The molecule has 3 rings (SSSR count). The monoisotopic (exact) mass is 341 g/mol. The highest BCUT2D eigenvalue weighted by molar-refractivity contribution is 5.93. The number of carbonyl (C=O) groups is 2. The van der Waals surface area contributed by atoms with E-state index < -0.39 is 0 Å². The average molecular weight is 341 g/mol. The summed E-state index contributed by atoms with van der Waals surface area (Å²) in [5, 5.41) is 2.90. The molecule has 2 aromatic rings. The molecule has 0 atom stereocenters. The maximum Gasteiger partial charge on any atom is 0.289 e. The number of aryl methyl sites for hydroxylation is 2. The minimum absolute atomic E-state index is 0.0366. The molecule has 0 spiro atoms. The van der Waals surface area contributed by atoms with Gasteiger partial charge in [0.15, 0.2) is 5.76 Å². The van der Waals surface area contributed by atoms with Gasteiger partial charge in [-0.3, -0.25) is 14.5 Å². The van der Waals surface area contributed by atoms with Crippen LogP contribution in [0.15, 0.2) is 41.0 Å². The van der Waals surface area contributed by atoms with E-state index in [1.807, 2.05) is 38.1 Å². The predicted octanol–water partition coefficient (Wildman–Crippen LogP) is 2.29. The number of benzene rings is 1. The van der Waals surface area contributed by atoms with Gasteiger partial charge in [0, 0.05) is 37.4 Å². The van der Waals surface area contributed by atoms with Crippen molar-refractivity contribution >= 4 is 17.5 Å². The van der Waals surface area contributed by atoms with Crippen molar-refractivity contribution in [1.82, 2.24) is 9.80 Å². The Labute approximate surface area is 147 Å². The van der Waals surface area contributed by atoms with Gasteiger partial charge in [0.2, 0.25) is 5.91 Å². The number of amides is 2. The molecule has 1 aromatic carbocycles. The number of furan rings is 1. The van der Waals surface area contributed by atoms with E-state index in [9.17, 15) is 9.59 Å². The predicted molar refractivity (Wildman–Crippen MR) is 95.6 cm³/mol. The van der Waals surface area contributed by atoms with Crippen molar-refractivity contribution in [3.8, 4) is 0 Å². The molecule has 6 heteroatoms. The Balaban J connectivity index is 1.47. The maximum atomic E-state index is 12.4. The Morgan fingerprint density at radius 2 is 1.72 bits per heavy atom. The van der Waals surface area contributed by atoms with Crippen LogP contribution in [-0.4, -0.2) is 54.3 Å². The highest BCUT2D eigenvalue weighted by atomic mass is 16.3. The summed E-state index contributed by atoms with van der Waals surface area (Å²) in [6.07, 6.45) is 1.54. The molecular weight excluding hydrogens is 318 g/mol. The van der Waals surface area contributed by atoms with E-state index in [1.165, 1.54) is 6.26 Å². The van der Waals surface area contributed by atoms with Crippen molar-refractivity contribution in [2.75, 3.05) is 38.0 Å². The number of nitrogens with one attached hydrogen (secondary N) is 1. The van der Waals surface area contributed by atoms with Gasteiger partial charge in [-0.2, -0.15) is 0 Å². The second-order valence-electron chi connectivity index (χ2n) is 6.42. The van der Waals surface area contributed by atoms with E-state index in [-0.39, 0.29) is 11.8 Å². The van der Waals surface area contributed by atoms with Crippen molar-refractivity contribution in [2.45, 2.75) is 13.8 Å². The van der Waals surface area contributed by atoms with Crippen LogP contribution in [0.4, 0.5) is 5.69 Å². The van der Waals surface area contributed by atoms with Gasteiger partial charge in [-0.05, 0) is 32.0 Å². The van der Waals surface area contributed by atoms with E-state index in [2.05, 4.69) is 10.2 Å². The molecule has 0 saturated carbocycles. The number of hydrogen-bond acceptors (Lipinski definition) is 4. The van der Waals surface area contributed by atoms with E-state index in [1.54, 1.807) is 11.0 Å². The fourth-order valence-corrected chi connectivity index (χ4v) is 2.89. The molecular formula is C19H23N3O3. The summed E-state index contributed by atoms with van der Waals surface area (Å²) >= 11 is 0. The van der Waals surface area contributed by atoms with Crippen LogP contribution >= 0.6 is 0 Å². The van der Waals surface area contributed by atoms with Crippen LogP contribution in [0.1, 0.15) is 21.7 Å². The minimum atomic E-state index is -0.0775. The lowest BCUT2D eigenvalue weighted by Crippen LogP contribution is -2.50. The summed E-state index contributed by atoms with van der Waals surface area (Å²) in [5.41, 5.74) is 2.81. The fraction of sp³-hybridized carbons (Fsp3) is 0.368. The molecule has 0 unspecified atom stereocenters. The van der Waals surface area contributed by atoms with Crippen molar-refractivity contribution < 1.29 is 14.0 Å². The molecule has 1 aromatic heterocycles. The summed E-state index contributed by atoms with van der Waals surface area (Å²) in [5.74, 6) is 0.294. The van der Waals surface area contributed by atoms with Gasteiger partial charge in [0.05, 0.1) is 12.8 Å². The van der Waals surface area contributed by atoms with E-state index in [0.717, 1.165) is 16.8 Å². The number of carbonyl (C=O) groups excluding carboxylic acids is 2. The van der Waals surface area contributed by atoms with Crippen molar-refractivity contribution in [3.63, 3.8) is 0 Å². The topological polar surface area (TPSA) is 65.8 Å². The molecule has 25 heavy (non-hydrogen) atoms. The number of piperazine rings is 1. The fourth-order valence-electron chi connectivity index (χ4n) is 2.89. The lowest BCUT2D eigenvalue weighted by Gasteiger charge is -2.33. The van der Waals surface area contributed by atoms with E-state index >= 15 is 0 Å². The van der Waals surface area contributed by atoms with E-state index in [4.69, 9.17) is 4.42 Å². The molecule has 0 bridgehead atoms. The third kappa shape index (κ3) is 4.28. The molecule has 1 fully saturated rings. The SMILES string of the molecule is Cc1ccc(NC(=O)CN2CCN(C(=O)c3occc3C)CC2)cc1. The van der Waals surface area contributed by atoms with Gasteiger partial charge in [0.1, 0.15) is 0 Å². The zero-order chi connectivity index (χ0) is 17.8. The molecule has 132 valence electrons. The van der Waals surface area contributed by atoms with E-state index in [0.29, 0.717) is 38.5 Å². The summed E-state index contributed by atoms with van der Waals surface area (Å²) in [6, 6.07) is 9.52. The number of rotatable bonds is 4. The first kappa shape index (κ1) is 17.2. The Kier molecular flexibility index (Phi) is 5.19. The number of anilines is 1. The Morgan fingerprint density at radius 1 is 1.04 bits per heavy atom. The third-order valence-electron chi connectivity index (χ3n) is 4.42. The zero-order valence-electron chi connectivity index (χ0n) is 14.6. The van der Waals surface area contributed by atoms with Crippen LogP contribution in [0.5, 0.6) is 0 Å². The number of hydrogen-bond donors (Lipinski definition) is 1. The summed E-state index contributed by atoms with van der Waals surface area (Å²) in [6.45, 7) is 6.74. The average Bonchev–Trinajstić information content (AvgIpc) is 3.03. The molecule has 6 nitrogen and oxygen atoms in total. The molecule has 1 N–H and O–H groups in total. The minimum Gasteiger partial charge on any atom is -0.459 e. The van der Waals surface area contributed by atoms with Gasteiger partial charge >= 0.3 is 0 Å². The number of nitrogens with zero attached hydrogens (tertiary/aromatic N) is 2. The smallest absolute Gasteiger partial charge is 0.289 e. The molecule has 0 radical (unpaired) electrons. The molecule has 2 amide bonds. The van der Waals surface area contributed by atoms with Crippen LogP contribution in [-0.2, 0) is 4.79 Å². The summed E-state index contributed by atoms with van der Waals surface area (Å²) < 4.78 is 5.28. The standard InChI is InChI=1S/C19H23N3O3/c1-14-3-5-16(6-4-14)20-17(23)13-21-8-10-22(11-9-21)19(24)18-15(2)7-12-25-18/h3-7,12H,8-11,13H2,1-2H3,(H,20,23). The van der Waals surface area contributed by atoms with Gasteiger partial charge in [-0.1, -0.05) is 17.7 Å². The van der Waals surface area contributed by atoms with Crippen LogP contribution in [0, 0.1) is 13.8 Å². The largest absolute Gasteiger partial charge is 0.459 e. The van der Waals surface area contributed by atoms with Crippen LogP contribution in [0.25, 0.3) is 0 Å². The van der Waals surface area contributed by atoms with Crippen molar-refractivity contribution in [1.29, 1.82) is 0 Å². The third-order valence-corrected chi connectivity index (χ3v) is 4.42. The summed E-state index contributed by atoms with van der Waals surface area (Å²) in [4.78, 5) is 28.4. The first-order chi connectivity index (χ1) is 12.0. The van der Waals surface area contributed by atoms with Gasteiger partial charge in [-0.25, -0.2) is 0 Å². The highest BCUT2D eigenvalue weighted by Gasteiger charge is 2.25. The first-order valence-corrected chi connectivity index (χ1v) is 8.45. The Bertz CT molecular complexity index is 744. The van der Waals surface area contributed by atoms with Gasteiger partial charge in [0.25, 0.3) is 5.91 Å². The van der Waals surface area contributed by atoms with Crippen LogP contribution in [0.2, 0.25) is 0 Å². The second-order valence-corrected chi connectivity index (χ2v) is 6.42. The second kappa shape index (κ2) is 7.53. The van der Waals surface area contributed by atoms with Crippen LogP contribution < -0.4 is 5.32 Å². The normalized spacial score (nSPS) is 15.2. The molecule has 1 aliphatic heterocycles. The zero-order valence-corrected chi connectivity index (χ0v) is 14.6. The Hall–Kier alpha value is -2.60. The lowest BCUT2D eigenvalue weighted by molar-refractivity contribution is -0.117. The Morgan fingerprint density at radius 3 is 2.32 bits per heavy atom. The molecule has 0 aliphatic carbocycles. The molecule has 1 aliphatic rings. The quantitative estimate of drug-likeness (QED) is 0.927. The summed E-state index contributed by atoms with van der Waals surface area (Å²) in [7, 11) is 0.